The number of anilines is 2. The Labute approximate surface area is 132 Å². The molecule has 2 heterocycles. The predicted octanol–water partition coefficient (Wildman–Crippen LogP) is 4.38. The Kier molecular flexibility index (Phi) is 3.98. The maximum absolute atomic E-state index is 14.0. The minimum absolute atomic E-state index is 0.236. The molecule has 0 bridgehead atoms. The molecule has 0 amide bonds. The van der Waals surface area contributed by atoms with E-state index in [1.807, 2.05) is 19.1 Å². The third kappa shape index (κ3) is 3.04. The molecule has 110 valence electrons. The van der Waals surface area contributed by atoms with Gasteiger partial charge in [-0.15, -0.1) is 0 Å². The van der Waals surface area contributed by atoms with Crippen molar-refractivity contribution >= 4 is 23.2 Å². The molecule has 3 aromatic rings. The molecule has 0 spiro atoms. The lowest BCUT2D eigenvalue weighted by atomic mass is 10.1. The summed E-state index contributed by atoms with van der Waals surface area (Å²) in [7, 11) is 0. The van der Waals surface area contributed by atoms with Crippen LogP contribution in [0.5, 0.6) is 0 Å². The zero-order chi connectivity index (χ0) is 15.5. The van der Waals surface area contributed by atoms with Crippen molar-refractivity contribution in [1.29, 1.82) is 0 Å². The molecular weight excluding hydrogens is 303 g/mol. The lowest BCUT2D eigenvalue weighted by Crippen LogP contribution is -2.01. The second kappa shape index (κ2) is 6.07. The van der Waals surface area contributed by atoms with Crippen LogP contribution in [0.4, 0.5) is 16.0 Å². The summed E-state index contributed by atoms with van der Waals surface area (Å²) in [6.45, 7) is 1.86. The standard InChI is InChI=1S/C16H12ClFN4/c1-10-8-19-6-5-13(10)15-14(18)9-20-16(22-15)21-12-4-2-3-11(17)7-12/h2-9H,1H3,(H,20,21,22). The molecule has 22 heavy (non-hydrogen) atoms. The summed E-state index contributed by atoms with van der Waals surface area (Å²) in [5.41, 5.74) is 2.49. The van der Waals surface area contributed by atoms with Crippen molar-refractivity contribution in [2.75, 3.05) is 5.32 Å². The van der Waals surface area contributed by atoms with E-state index in [1.165, 1.54) is 0 Å². The topological polar surface area (TPSA) is 50.7 Å². The highest BCUT2D eigenvalue weighted by molar-refractivity contribution is 6.30. The number of pyridine rings is 1. The molecule has 1 N–H and O–H groups in total. The van der Waals surface area contributed by atoms with Gasteiger partial charge in [-0.3, -0.25) is 4.98 Å². The second-order valence-corrected chi connectivity index (χ2v) is 5.15. The van der Waals surface area contributed by atoms with Crippen molar-refractivity contribution in [2.24, 2.45) is 0 Å². The van der Waals surface area contributed by atoms with Crippen LogP contribution in [0.15, 0.2) is 48.9 Å². The fourth-order valence-electron chi connectivity index (χ4n) is 2.05. The molecule has 0 saturated carbocycles. The Morgan fingerprint density at radius 1 is 1.18 bits per heavy atom. The molecule has 0 saturated heterocycles. The van der Waals surface area contributed by atoms with Crippen LogP contribution < -0.4 is 5.32 Å². The summed E-state index contributed by atoms with van der Waals surface area (Å²) in [5.74, 6) is -0.180. The van der Waals surface area contributed by atoms with Crippen LogP contribution in [0, 0.1) is 12.7 Å². The van der Waals surface area contributed by atoms with Gasteiger partial charge in [0.25, 0.3) is 0 Å². The molecule has 0 unspecified atom stereocenters. The van der Waals surface area contributed by atoms with Crippen molar-refractivity contribution in [1.82, 2.24) is 15.0 Å². The molecule has 0 fully saturated rings. The average molecular weight is 315 g/mol. The molecule has 6 heteroatoms. The Morgan fingerprint density at radius 2 is 2.05 bits per heavy atom. The third-order valence-electron chi connectivity index (χ3n) is 3.10. The van der Waals surface area contributed by atoms with Crippen molar-refractivity contribution in [2.45, 2.75) is 6.92 Å². The van der Waals surface area contributed by atoms with E-state index in [2.05, 4.69) is 20.3 Å². The van der Waals surface area contributed by atoms with E-state index in [0.29, 0.717) is 16.5 Å². The fourth-order valence-corrected chi connectivity index (χ4v) is 2.24. The Bertz CT molecular complexity index is 823. The maximum atomic E-state index is 14.0. The van der Waals surface area contributed by atoms with Gasteiger partial charge in [0.2, 0.25) is 5.95 Å². The number of benzene rings is 1. The summed E-state index contributed by atoms with van der Waals surface area (Å²) in [4.78, 5) is 12.2. The van der Waals surface area contributed by atoms with Crippen LogP contribution in [-0.2, 0) is 0 Å². The first-order chi connectivity index (χ1) is 10.6. The van der Waals surface area contributed by atoms with E-state index in [9.17, 15) is 4.39 Å². The van der Waals surface area contributed by atoms with E-state index in [-0.39, 0.29) is 5.69 Å². The molecule has 0 atom stereocenters. The van der Waals surface area contributed by atoms with Crippen molar-refractivity contribution < 1.29 is 4.39 Å². The number of aryl methyl sites for hydroxylation is 1. The number of rotatable bonds is 3. The summed E-state index contributed by atoms with van der Waals surface area (Å²) in [6, 6.07) is 8.87. The van der Waals surface area contributed by atoms with Crippen LogP contribution in [0.1, 0.15) is 5.56 Å². The summed E-state index contributed by atoms with van der Waals surface area (Å²) in [5, 5.41) is 3.61. The van der Waals surface area contributed by atoms with Gasteiger partial charge < -0.3 is 5.32 Å². The average Bonchev–Trinajstić information content (AvgIpc) is 2.50. The quantitative estimate of drug-likeness (QED) is 0.779. The number of hydrogen-bond donors (Lipinski definition) is 1. The first-order valence-corrected chi connectivity index (χ1v) is 6.97. The van der Waals surface area contributed by atoms with Crippen LogP contribution in [0.3, 0.4) is 0 Å². The van der Waals surface area contributed by atoms with Gasteiger partial charge in [0.1, 0.15) is 5.69 Å². The number of aromatic nitrogens is 3. The van der Waals surface area contributed by atoms with Crippen molar-refractivity contribution in [3.05, 3.63) is 65.3 Å². The summed E-state index contributed by atoms with van der Waals surface area (Å²) in [6.07, 6.45) is 4.42. The van der Waals surface area contributed by atoms with Gasteiger partial charge in [0, 0.05) is 28.7 Å². The van der Waals surface area contributed by atoms with Gasteiger partial charge >= 0.3 is 0 Å². The lowest BCUT2D eigenvalue weighted by Gasteiger charge is -2.09. The van der Waals surface area contributed by atoms with E-state index in [1.54, 1.807) is 30.6 Å². The Morgan fingerprint density at radius 3 is 2.82 bits per heavy atom. The van der Waals surface area contributed by atoms with Crippen LogP contribution in [0.25, 0.3) is 11.3 Å². The van der Waals surface area contributed by atoms with Gasteiger partial charge in [0.05, 0.1) is 6.20 Å². The van der Waals surface area contributed by atoms with Crippen LogP contribution in [-0.4, -0.2) is 15.0 Å². The number of halogens is 2. The fraction of sp³-hybridized carbons (Fsp3) is 0.0625. The second-order valence-electron chi connectivity index (χ2n) is 4.72. The number of nitrogens with zero attached hydrogens (tertiary/aromatic N) is 3. The van der Waals surface area contributed by atoms with E-state index >= 15 is 0 Å². The zero-order valence-corrected chi connectivity index (χ0v) is 12.5. The minimum Gasteiger partial charge on any atom is -0.324 e. The highest BCUT2D eigenvalue weighted by Gasteiger charge is 2.12. The SMILES string of the molecule is Cc1cnccc1-c1nc(Nc2cccc(Cl)c2)ncc1F. The van der Waals surface area contributed by atoms with Crippen molar-refractivity contribution in [3.8, 4) is 11.3 Å². The predicted molar refractivity (Wildman–Crippen MR) is 84.7 cm³/mol. The van der Waals surface area contributed by atoms with Gasteiger partial charge in [-0.25, -0.2) is 14.4 Å². The van der Waals surface area contributed by atoms with Gasteiger partial charge in [0.15, 0.2) is 5.82 Å². The normalized spacial score (nSPS) is 10.5. The summed E-state index contributed by atoms with van der Waals surface area (Å²) < 4.78 is 14.0. The van der Waals surface area contributed by atoms with Gasteiger partial charge in [-0.05, 0) is 36.8 Å². The van der Waals surface area contributed by atoms with Crippen LogP contribution in [0.2, 0.25) is 5.02 Å². The first-order valence-electron chi connectivity index (χ1n) is 6.59. The largest absolute Gasteiger partial charge is 0.324 e. The Hall–Kier alpha value is -2.53. The highest BCUT2D eigenvalue weighted by Crippen LogP contribution is 2.25. The first kappa shape index (κ1) is 14.4. The number of hydrogen-bond acceptors (Lipinski definition) is 4. The maximum Gasteiger partial charge on any atom is 0.227 e. The molecule has 4 nitrogen and oxygen atoms in total. The number of nitrogens with one attached hydrogen (secondary N) is 1. The molecule has 1 aromatic carbocycles. The van der Waals surface area contributed by atoms with Gasteiger partial charge in [-0.2, -0.15) is 0 Å². The molecule has 2 aromatic heterocycles. The smallest absolute Gasteiger partial charge is 0.227 e. The van der Waals surface area contributed by atoms with Crippen LogP contribution >= 0.6 is 11.6 Å². The van der Waals surface area contributed by atoms with E-state index < -0.39 is 5.82 Å². The van der Waals surface area contributed by atoms with Crippen molar-refractivity contribution in [3.63, 3.8) is 0 Å². The minimum atomic E-state index is -0.481. The van der Waals surface area contributed by atoms with Gasteiger partial charge in [-0.1, -0.05) is 17.7 Å². The highest BCUT2D eigenvalue weighted by atomic mass is 35.5. The Balaban J connectivity index is 1.98. The molecular formula is C16H12ClFN4. The third-order valence-corrected chi connectivity index (χ3v) is 3.34. The lowest BCUT2D eigenvalue weighted by molar-refractivity contribution is 0.618. The van der Waals surface area contributed by atoms with E-state index in [0.717, 1.165) is 17.4 Å². The molecule has 0 aliphatic rings. The molecule has 0 aliphatic carbocycles. The summed E-state index contributed by atoms with van der Waals surface area (Å²) >= 11 is 5.94. The molecule has 3 rings (SSSR count). The zero-order valence-electron chi connectivity index (χ0n) is 11.7. The monoisotopic (exact) mass is 314 g/mol. The molecule has 0 radical (unpaired) electrons. The van der Waals surface area contributed by atoms with E-state index in [4.69, 9.17) is 11.6 Å². The molecule has 0 aliphatic heterocycles.